The quantitative estimate of drug-likeness (QED) is 0.591. The van der Waals surface area contributed by atoms with E-state index < -0.39 is 5.60 Å². The van der Waals surface area contributed by atoms with Crippen LogP contribution in [0.2, 0.25) is 0 Å². The van der Waals surface area contributed by atoms with Crippen molar-refractivity contribution < 1.29 is 14.6 Å². The lowest BCUT2D eigenvalue weighted by Gasteiger charge is -2.58. The lowest BCUT2D eigenvalue weighted by molar-refractivity contribution is -0.129. The van der Waals surface area contributed by atoms with Crippen molar-refractivity contribution in [3.8, 4) is 0 Å². The molecule has 166 valence electrons. The molecule has 1 aliphatic heterocycles. The average molecular weight is 425 g/mol. The fraction of sp³-hybridized carbons (Fsp3) is 0.667. The summed E-state index contributed by atoms with van der Waals surface area (Å²) in [5.74, 6) is 2.01. The van der Waals surface area contributed by atoms with E-state index in [9.17, 15) is 9.90 Å². The Kier molecular flexibility index (Phi) is 4.72. The van der Waals surface area contributed by atoms with E-state index in [4.69, 9.17) is 4.74 Å². The van der Waals surface area contributed by atoms with Gasteiger partial charge in [-0.1, -0.05) is 0 Å². The summed E-state index contributed by atoms with van der Waals surface area (Å²) >= 11 is 0. The second-order valence-electron chi connectivity index (χ2n) is 10.4. The van der Waals surface area contributed by atoms with Gasteiger partial charge >= 0.3 is 0 Å². The molecule has 1 amide bonds. The Labute approximate surface area is 182 Å². The van der Waals surface area contributed by atoms with Crippen LogP contribution in [0.3, 0.4) is 0 Å². The number of pyridine rings is 1. The molecule has 4 aliphatic carbocycles. The van der Waals surface area contributed by atoms with Gasteiger partial charge in [-0.05, 0) is 74.7 Å². The second-order valence-corrected chi connectivity index (χ2v) is 10.4. The van der Waals surface area contributed by atoms with Gasteiger partial charge in [0.25, 0.3) is 5.91 Å². The zero-order valence-electron chi connectivity index (χ0n) is 17.9. The average Bonchev–Trinajstić information content (AvgIpc) is 3.23. The summed E-state index contributed by atoms with van der Waals surface area (Å²) in [6, 6.07) is 2.31. The van der Waals surface area contributed by atoms with Crippen LogP contribution in [0.25, 0.3) is 11.0 Å². The van der Waals surface area contributed by atoms with Crippen LogP contribution in [0.4, 0.5) is 5.69 Å². The van der Waals surface area contributed by atoms with Crippen LogP contribution in [-0.4, -0.2) is 52.4 Å². The van der Waals surface area contributed by atoms with Gasteiger partial charge in [0, 0.05) is 43.6 Å². The highest BCUT2D eigenvalue weighted by Crippen LogP contribution is 2.56. The molecule has 5 aliphatic rings. The predicted molar refractivity (Wildman–Crippen MR) is 118 cm³/mol. The number of aromatic amines is 1. The molecule has 4 saturated carbocycles. The number of hydrogen-bond acceptors (Lipinski definition) is 5. The number of hydrogen-bond donors (Lipinski definition) is 4. The van der Waals surface area contributed by atoms with Crippen molar-refractivity contribution >= 4 is 22.6 Å². The van der Waals surface area contributed by atoms with Crippen molar-refractivity contribution in [2.45, 2.75) is 56.6 Å². The minimum absolute atomic E-state index is 0.0629. The Morgan fingerprint density at radius 3 is 2.74 bits per heavy atom. The van der Waals surface area contributed by atoms with Crippen molar-refractivity contribution in [3.63, 3.8) is 0 Å². The summed E-state index contributed by atoms with van der Waals surface area (Å²) in [6.07, 6.45) is 10.7. The molecule has 2 atom stereocenters. The third kappa shape index (κ3) is 3.52. The van der Waals surface area contributed by atoms with Crippen molar-refractivity contribution in [2.75, 3.05) is 25.1 Å². The number of carbonyl (C=O) groups is 1. The Bertz CT molecular complexity index is 966. The van der Waals surface area contributed by atoms with Gasteiger partial charge in [0.15, 0.2) is 0 Å². The van der Waals surface area contributed by atoms with Crippen LogP contribution < -0.4 is 10.6 Å². The summed E-state index contributed by atoms with van der Waals surface area (Å²) in [4.78, 5) is 20.9. The van der Waals surface area contributed by atoms with Gasteiger partial charge in [0.1, 0.15) is 5.65 Å². The van der Waals surface area contributed by atoms with Gasteiger partial charge in [0.05, 0.1) is 16.9 Å². The summed E-state index contributed by atoms with van der Waals surface area (Å²) in [7, 11) is 0. The number of aromatic nitrogens is 2. The maximum atomic E-state index is 13.2. The molecule has 3 heterocycles. The second kappa shape index (κ2) is 7.48. The standard InChI is InChI=1S/C24H32N4O3/c29-23(27-12-14-2-5-31-6-3-14)19-13-26-22-18(1-4-25-22)21(19)28-20-16-7-15-8-17(20)11-24(30,9-15)10-16/h1,4,13-17,20,30H,2-3,5-12H2,(H,27,29)(H2,25,26,28)/t15?,16?,17?,20-,24+. The summed E-state index contributed by atoms with van der Waals surface area (Å²) in [6.45, 7) is 2.24. The third-order valence-electron chi connectivity index (χ3n) is 8.28. The number of ether oxygens (including phenoxy) is 1. The molecule has 5 fully saturated rings. The molecule has 1 saturated heterocycles. The van der Waals surface area contributed by atoms with E-state index in [0.29, 0.717) is 41.8 Å². The fourth-order valence-electron chi connectivity index (χ4n) is 7.00. The van der Waals surface area contributed by atoms with Gasteiger partial charge in [-0.2, -0.15) is 0 Å². The van der Waals surface area contributed by atoms with E-state index >= 15 is 0 Å². The van der Waals surface area contributed by atoms with Gasteiger partial charge in [-0.15, -0.1) is 0 Å². The van der Waals surface area contributed by atoms with Crippen molar-refractivity contribution in [2.24, 2.45) is 23.7 Å². The molecule has 2 aromatic heterocycles. The first-order chi connectivity index (χ1) is 15.1. The molecule has 31 heavy (non-hydrogen) atoms. The predicted octanol–water partition coefficient (Wildman–Crippen LogP) is 3.07. The molecule has 4 N–H and O–H groups in total. The summed E-state index contributed by atoms with van der Waals surface area (Å²) in [5, 5.41) is 18.9. The number of amides is 1. The minimum atomic E-state index is -0.458. The number of rotatable bonds is 5. The first-order valence-corrected chi connectivity index (χ1v) is 11.9. The number of nitrogens with one attached hydrogen (secondary N) is 3. The number of fused-ring (bicyclic) bond motifs is 1. The van der Waals surface area contributed by atoms with Crippen LogP contribution in [-0.2, 0) is 4.74 Å². The molecule has 0 spiro atoms. The Morgan fingerprint density at radius 1 is 1.23 bits per heavy atom. The Balaban J connectivity index is 1.26. The molecule has 7 heteroatoms. The number of carbonyl (C=O) groups excluding carboxylic acids is 1. The normalized spacial score (nSPS) is 34.9. The zero-order chi connectivity index (χ0) is 21.0. The topological polar surface area (TPSA) is 99.3 Å². The Hall–Kier alpha value is -2.12. The van der Waals surface area contributed by atoms with Crippen molar-refractivity contribution in [1.82, 2.24) is 15.3 Å². The molecule has 7 nitrogen and oxygen atoms in total. The molecular weight excluding hydrogens is 392 g/mol. The molecule has 2 aromatic rings. The van der Waals surface area contributed by atoms with E-state index in [1.165, 1.54) is 12.8 Å². The maximum absolute atomic E-state index is 13.2. The van der Waals surface area contributed by atoms with Gasteiger partial charge in [0.2, 0.25) is 0 Å². The lowest BCUT2D eigenvalue weighted by atomic mass is 9.52. The summed E-state index contributed by atoms with van der Waals surface area (Å²) in [5.41, 5.74) is 1.85. The van der Waals surface area contributed by atoms with Gasteiger partial charge < -0.3 is 25.5 Å². The molecule has 7 rings (SSSR count). The number of anilines is 1. The van der Waals surface area contributed by atoms with Crippen LogP contribution in [0.1, 0.15) is 55.3 Å². The minimum Gasteiger partial charge on any atom is -0.390 e. The lowest BCUT2D eigenvalue weighted by Crippen LogP contribution is -2.59. The molecular formula is C24H32N4O3. The van der Waals surface area contributed by atoms with E-state index in [2.05, 4.69) is 20.6 Å². The SMILES string of the molecule is O=C(NCC1CCOCC1)c1cnc2[nH]ccc2c1N[C@H]1C2CC3CC1C[C@@](O)(C3)C2. The first-order valence-electron chi connectivity index (χ1n) is 11.9. The third-order valence-corrected chi connectivity index (χ3v) is 8.28. The molecule has 4 bridgehead atoms. The summed E-state index contributed by atoms with van der Waals surface area (Å²) < 4.78 is 5.43. The van der Waals surface area contributed by atoms with E-state index in [0.717, 1.165) is 62.0 Å². The highest BCUT2D eigenvalue weighted by Gasteiger charge is 2.54. The van der Waals surface area contributed by atoms with Crippen molar-refractivity contribution in [1.29, 1.82) is 0 Å². The van der Waals surface area contributed by atoms with E-state index in [-0.39, 0.29) is 5.91 Å². The number of aliphatic hydroxyl groups is 1. The smallest absolute Gasteiger partial charge is 0.254 e. The monoisotopic (exact) mass is 424 g/mol. The Morgan fingerprint density at radius 2 is 2.00 bits per heavy atom. The van der Waals surface area contributed by atoms with Crippen LogP contribution in [0.5, 0.6) is 0 Å². The largest absolute Gasteiger partial charge is 0.390 e. The van der Waals surface area contributed by atoms with Gasteiger partial charge in [-0.25, -0.2) is 4.98 Å². The maximum Gasteiger partial charge on any atom is 0.254 e. The number of H-pyrrole nitrogens is 1. The van der Waals surface area contributed by atoms with Gasteiger partial charge in [-0.3, -0.25) is 4.79 Å². The molecule has 0 aromatic carbocycles. The first kappa shape index (κ1) is 19.6. The highest BCUT2D eigenvalue weighted by molar-refractivity contribution is 6.06. The zero-order valence-corrected chi connectivity index (χ0v) is 17.9. The van der Waals surface area contributed by atoms with E-state index in [1.807, 2.05) is 12.3 Å². The molecule has 0 radical (unpaired) electrons. The van der Waals surface area contributed by atoms with Crippen LogP contribution >= 0.6 is 0 Å². The van der Waals surface area contributed by atoms with Crippen molar-refractivity contribution in [3.05, 3.63) is 24.0 Å². The fourth-order valence-corrected chi connectivity index (χ4v) is 7.00. The van der Waals surface area contributed by atoms with Crippen LogP contribution in [0.15, 0.2) is 18.5 Å². The molecule has 2 unspecified atom stereocenters. The number of nitrogens with zero attached hydrogens (tertiary/aromatic N) is 1. The highest BCUT2D eigenvalue weighted by atomic mass is 16.5. The van der Waals surface area contributed by atoms with E-state index in [1.54, 1.807) is 6.20 Å². The van der Waals surface area contributed by atoms with Crippen LogP contribution in [0, 0.1) is 23.7 Å².